The molecule has 1 atom stereocenters. The van der Waals surface area contributed by atoms with Crippen molar-refractivity contribution < 1.29 is 14.3 Å². The molecule has 1 unspecified atom stereocenters. The average molecular weight is 399 g/mol. The van der Waals surface area contributed by atoms with Crippen LogP contribution in [0.25, 0.3) is 5.69 Å². The van der Waals surface area contributed by atoms with Crippen LogP contribution in [0.3, 0.4) is 0 Å². The largest absolute Gasteiger partial charge is 0.494 e. The number of rotatable bonds is 7. The molecule has 29 heavy (non-hydrogen) atoms. The number of hydrogen-bond acceptors (Lipinski definition) is 5. The van der Waals surface area contributed by atoms with Crippen molar-refractivity contribution in [1.29, 1.82) is 0 Å². The Morgan fingerprint density at radius 2 is 2.00 bits per heavy atom. The third-order valence-corrected chi connectivity index (χ3v) is 5.78. The maximum absolute atomic E-state index is 12.6. The fourth-order valence-corrected chi connectivity index (χ4v) is 4.00. The predicted molar refractivity (Wildman–Crippen MR) is 111 cm³/mol. The number of carbonyl (C=O) groups excluding carboxylic acids is 1. The van der Waals surface area contributed by atoms with Crippen molar-refractivity contribution in [1.82, 2.24) is 19.6 Å². The molecular formula is C22H30N4O3. The number of aromatic nitrogens is 2. The molecule has 4 rings (SSSR count). The van der Waals surface area contributed by atoms with E-state index in [0.717, 1.165) is 31.0 Å². The normalized spacial score (nSPS) is 20.2. The molecule has 2 aliphatic heterocycles. The van der Waals surface area contributed by atoms with Gasteiger partial charge >= 0.3 is 0 Å². The van der Waals surface area contributed by atoms with Crippen molar-refractivity contribution >= 4 is 5.91 Å². The number of likely N-dealkylation sites (tertiary alicyclic amines) is 1. The highest BCUT2D eigenvalue weighted by Crippen LogP contribution is 2.18. The third-order valence-electron chi connectivity index (χ3n) is 5.78. The molecule has 7 heteroatoms. The maximum Gasteiger partial charge on any atom is 0.257 e. The molecule has 1 amide bonds. The number of ether oxygens (including phenoxy) is 2. The molecule has 0 aliphatic carbocycles. The Bertz CT molecular complexity index is 799. The van der Waals surface area contributed by atoms with Gasteiger partial charge in [0.1, 0.15) is 5.75 Å². The average Bonchev–Trinajstić information content (AvgIpc) is 3.41. The molecule has 7 nitrogen and oxygen atoms in total. The van der Waals surface area contributed by atoms with Gasteiger partial charge < -0.3 is 19.3 Å². The zero-order chi connectivity index (χ0) is 20.1. The van der Waals surface area contributed by atoms with Crippen molar-refractivity contribution in [2.75, 3.05) is 46.0 Å². The number of morpholine rings is 1. The molecule has 3 heterocycles. The van der Waals surface area contributed by atoms with Crippen molar-refractivity contribution in [2.45, 2.75) is 32.2 Å². The summed E-state index contributed by atoms with van der Waals surface area (Å²) in [5.74, 6) is 0.867. The fraction of sp³-hybridized carbons (Fsp3) is 0.545. The van der Waals surface area contributed by atoms with E-state index in [4.69, 9.17) is 9.47 Å². The van der Waals surface area contributed by atoms with E-state index in [0.29, 0.717) is 37.9 Å². The van der Waals surface area contributed by atoms with Crippen LogP contribution < -0.4 is 4.74 Å². The van der Waals surface area contributed by atoms with Crippen LogP contribution in [0.5, 0.6) is 5.75 Å². The Balaban J connectivity index is 1.27. The van der Waals surface area contributed by atoms with Gasteiger partial charge in [0.05, 0.1) is 37.3 Å². The quantitative estimate of drug-likeness (QED) is 0.671. The van der Waals surface area contributed by atoms with Gasteiger partial charge in [-0.3, -0.25) is 4.79 Å². The minimum Gasteiger partial charge on any atom is -0.494 e. The first-order valence-corrected chi connectivity index (χ1v) is 10.6. The summed E-state index contributed by atoms with van der Waals surface area (Å²) < 4.78 is 12.9. The van der Waals surface area contributed by atoms with Gasteiger partial charge in [0.15, 0.2) is 0 Å². The summed E-state index contributed by atoms with van der Waals surface area (Å²) in [5.41, 5.74) is 1.51. The first kappa shape index (κ1) is 19.9. The van der Waals surface area contributed by atoms with Crippen molar-refractivity contribution in [3.8, 4) is 11.4 Å². The molecule has 2 saturated heterocycles. The SMILES string of the molecule is CC1CCCN1CCCOc1ccc(-n2cc(C(=O)N3CCOCC3)cn2)cc1. The van der Waals surface area contributed by atoms with Crippen molar-refractivity contribution in [3.05, 3.63) is 42.2 Å². The second-order valence-electron chi connectivity index (χ2n) is 7.80. The zero-order valence-corrected chi connectivity index (χ0v) is 17.1. The lowest BCUT2D eigenvalue weighted by Gasteiger charge is -2.26. The monoisotopic (exact) mass is 398 g/mol. The Morgan fingerprint density at radius 3 is 2.72 bits per heavy atom. The molecule has 1 aromatic carbocycles. The standard InChI is InChI=1S/C22H30N4O3/c1-18-4-2-9-24(18)10-3-13-29-21-7-5-20(6-8-21)26-17-19(16-23-26)22(27)25-11-14-28-15-12-25/h5-8,16-18H,2-4,9-15H2,1H3. The molecule has 156 valence electrons. The summed E-state index contributed by atoms with van der Waals surface area (Å²) in [6.07, 6.45) is 7.08. The Hall–Kier alpha value is -2.38. The summed E-state index contributed by atoms with van der Waals surface area (Å²) >= 11 is 0. The Morgan fingerprint density at radius 1 is 1.21 bits per heavy atom. The van der Waals surface area contributed by atoms with Crippen LogP contribution in [0.2, 0.25) is 0 Å². The minimum absolute atomic E-state index is 0.00632. The van der Waals surface area contributed by atoms with Gasteiger partial charge in [-0.05, 0) is 57.0 Å². The van der Waals surface area contributed by atoms with Gasteiger partial charge in [0.2, 0.25) is 0 Å². The second kappa shape index (κ2) is 9.41. The van der Waals surface area contributed by atoms with Crippen LogP contribution in [0.4, 0.5) is 0 Å². The third kappa shape index (κ3) is 4.97. The number of carbonyl (C=O) groups is 1. The Kier molecular flexibility index (Phi) is 6.46. The molecular weight excluding hydrogens is 368 g/mol. The maximum atomic E-state index is 12.6. The van der Waals surface area contributed by atoms with Crippen LogP contribution in [-0.2, 0) is 4.74 Å². The molecule has 2 aliphatic rings. The van der Waals surface area contributed by atoms with Gasteiger partial charge in [-0.2, -0.15) is 5.10 Å². The summed E-state index contributed by atoms with van der Waals surface area (Å²) in [4.78, 5) is 16.9. The van der Waals surface area contributed by atoms with Crippen LogP contribution in [0.1, 0.15) is 36.5 Å². The number of amides is 1. The summed E-state index contributed by atoms with van der Waals surface area (Å²) in [5, 5.41) is 4.35. The van der Waals surface area contributed by atoms with Crippen LogP contribution in [-0.4, -0.2) is 77.5 Å². The highest BCUT2D eigenvalue weighted by atomic mass is 16.5. The molecule has 0 radical (unpaired) electrons. The molecule has 0 spiro atoms. The van der Waals surface area contributed by atoms with Gasteiger partial charge in [-0.1, -0.05) is 0 Å². The van der Waals surface area contributed by atoms with Crippen LogP contribution in [0.15, 0.2) is 36.7 Å². The first-order chi connectivity index (χ1) is 14.2. The molecule has 1 aromatic heterocycles. The van der Waals surface area contributed by atoms with Gasteiger partial charge in [0.25, 0.3) is 5.91 Å². The van der Waals surface area contributed by atoms with E-state index in [1.165, 1.54) is 19.4 Å². The predicted octanol–water partition coefficient (Wildman–Crippen LogP) is 2.60. The van der Waals surface area contributed by atoms with E-state index in [1.54, 1.807) is 17.1 Å². The highest BCUT2D eigenvalue weighted by Gasteiger charge is 2.20. The number of hydrogen-bond donors (Lipinski definition) is 0. The zero-order valence-electron chi connectivity index (χ0n) is 17.1. The Labute approximate surface area is 172 Å². The summed E-state index contributed by atoms with van der Waals surface area (Å²) in [7, 11) is 0. The number of nitrogens with zero attached hydrogens (tertiary/aromatic N) is 4. The lowest BCUT2D eigenvalue weighted by Crippen LogP contribution is -2.40. The molecule has 0 N–H and O–H groups in total. The summed E-state index contributed by atoms with van der Waals surface area (Å²) in [6.45, 7) is 7.81. The highest BCUT2D eigenvalue weighted by molar-refractivity contribution is 5.93. The van der Waals surface area contributed by atoms with E-state index in [-0.39, 0.29) is 5.91 Å². The van der Waals surface area contributed by atoms with Gasteiger partial charge in [-0.15, -0.1) is 0 Å². The summed E-state index contributed by atoms with van der Waals surface area (Å²) in [6, 6.07) is 8.56. The van der Waals surface area contributed by atoms with Crippen LogP contribution in [0, 0.1) is 0 Å². The smallest absolute Gasteiger partial charge is 0.257 e. The fourth-order valence-electron chi connectivity index (χ4n) is 4.00. The minimum atomic E-state index is 0.00632. The van der Waals surface area contributed by atoms with Gasteiger partial charge in [-0.25, -0.2) is 4.68 Å². The molecule has 0 saturated carbocycles. The van der Waals surface area contributed by atoms with E-state index in [1.807, 2.05) is 29.2 Å². The van der Waals surface area contributed by atoms with E-state index >= 15 is 0 Å². The molecule has 0 bridgehead atoms. The molecule has 2 aromatic rings. The van der Waals surface area contributed by atoms with Gasteiger partial charge in [0, 0.05) is 31.9 Å². The van der Waals surface area contributed by atoms with Crippen LogP contribution >= 0.6 is 0 Å². The van der Waals surface area contributed by atoms with E-state index in [2.05, 4.69) is 16.9 Å². The second-order valence-corrected chi connectivity index (χ2v) is 7.80. The van der Waals surface area contributed by atoms with Crippen molar-refractivity contribution in [3.63, 3.8) is 0 Å². The first-order valence-electron chi connectivity index (χ1n) is 10.6. The van der Waals surface area contributed by atoms with Crippen molar-refractivity contribution in [2.24, 2.45) is 0 Å². The lowest BCUT2D eigenvalue weighted by molar-refractivity contribution is 0.0303. The number of benzene rings is 1. The topological polar surface area (TPSA) is 59.8 Å². The van der Waals surface area contributed by atoms with E-state index in [9.17, 15) is 4.79 Å². The van der Waals surface area contributed by atoms with E-state index < -0.39 is 0 Å². The molecule has 2 fully saturated rings. The lowest BCUT2D eigenvalue weighted by atomic mass is 10.2.